The van der Waals surface area contributed by atoms with Crippen LogP contribution in [0.4, 0.5) is 0 Å². The first-order valence-corrected chi connectivity index (χ1v) is 7.09. The number of rotatable bonds is 4. The second-order valence-electron chi connectivity index (χ2n) is 6.17. The second-order valence-corrected chi connectivity index (χ2v) is 6.17. The van der Waals surface area contributed by atoms with Crippen LogP contribution in [-0.2, 0) is 9.31 Å². The Bertz CT molecular complexity index is 478. The third-order valence-corrected chi connectivity index (χ3v) is 4.04. The van der Waals surface area contributed by atoms with Gasteiger partial charge in [0.2, 0.25) is 0 Å². The van der Waals surface area contributed by atoms with E-state index in [9.17, 15) is 0 Å². The molecule has 0 unspecified atom stereocenters. The number of aliphatic hydroxyl groups excluding tert-OH is 1. The summed E-state index contributed by atoms with van der Waals surface area (Å²) in [4.78, 5) is 0. The number of aliphatic hydroxyl groups is 1. The van der Waals surface area contributed by atoms with E-state index in [1.165, 1.54) is 0 Å². The Labute approximate surface area is 121 Å². The molecule has 108 valence electrons. The molecule has 20 heavy (non-hydrogen) atoms. The molecule has 0 saturated carbocycles. The quantitative estimate of drug-likeness (QED) is 0.857. The van der Waals surface area contributed by atoms with Gasteiger partial charge in [0.25, 0.3) is 0 Å². The second kappa shape index (κ2) is 5.72. The maximum atomic E-state index is 8.80. The molecule has 2 rings (SSSR count). The molecular formula is C16H23BO3. The molecule has 0 amide bonds. The fourth-order valence-electron chi connectivity index (χ4n) is 2.08. The molecule has 0 bridgehead atoms. The van der Waals surface area contributed by atoms with Gasteiger partial charge in [-0.15, -0.1) is 0 Å². The molecule has 1 aromatic rings. The molecule has 1 aliphatic rings. The van der Waals surface area contributed by atoms with Crippen LogP contribution >= 0.6 is 0 Å². The number of hydrogen-bond donors (Lipinski definition) is 1. The largest absolute Gasteiger partial charge is 0.494 e. The monoisotopic (exact) mass is 274 g/mol. The summed E-state index contributed by atoms with van der Waals surface area (Å²) in [7, 11) is -0.328. The Hall–Kier alpha value is -1.10. The summed E-state index contributed by atoms with van der Waals surface area (Å²) in [6.45, 7) is 8.39. The molecule has 1 heterocycles. The van der Waals surface area contributed by atoms with E-state index >= 15 is 0 Å². The average molecular weight is 274 g/mol. The lowest BCUT2D eigenvalue weighted by Gasteiger charge is -2.32. The van der Waals surface area contributed by atoms with Gasteiger partial charge in [-0.05, 0) is 45.1 Å². The van der Waals surface area contributed by atoms with Crippen LogP contribution in [0.5, 0.6) is 0 Å². The molecule has 1 aliphatic heterocycles. The Morgan fingerprint density at radius 1 is 1.15 bits per heavy atom. The van der Waals surface area contributed by atoms with Gasteiger partial charge in [-0.25, -0.2) is 0 Å². The summed E-state index contributed by atoms with van der Waals surface area (Å²) in [5.74, 6) is 0. The summed E-state index contributed by atoms with van der Waals surface area (Å²) in [5, 5.41) is 8.80. The predicted octanol–water partition coefficient (Wildman–Crippen LogP) is 2.38. The summed E-state index contributed by atoms with van der Waals surface area (Å²) in [5.41, 5.74) is 1.47. The van der Waals surface area contributed by atoms with Crippen LogP contribution in [0.15, 0.2) is 30.3 Å². The summed E-state index contributed by atoms with van der Waals surface area (Å²) >= 11 is 0. The molecule has 3 nitrogen and oxygen atoms in total. The van der Waals surface area contributed by atoms with Gasteiger partial charge >= 0.3 is 7.12 Å². The van der Waals surface area contributed by atoms with Gasteiger partial charge in [-0.3, -0.25) is 0 Å². The zero-order valence-electron chi connectivity index (χ0n) is 12.7. The zero-order valence-corrected chi connectivity index (χ0v) is 12.7. The fourth-order valence-corrected chi connectivity index (χ4v) is 2.08. The lowest BCUT2D eigenvalue weighted by molar-refractivity contribution is 0.00578. The van der Waals surface area contributed by atoms with Gasteiger partial charge < -0.3 is 14.4 Å². The SMILES string of the molecule is CC1(C)OB(c2cccc(C=CCCO)c2)OC1(C)C. The maximum absolute atomic E-state index is 8.80. The Morgan fingerprint density at radius 2 is 1.80 bits per heavy atom. The standard InChI is InChI=1S/C16H23BO3/c1-15(2)16(3,4)20-17(19-15)14-10-7-9-13(12-14)8-5-6-11-18/h5,7-10,12,18H,6,11H2,1-4H3. The summed E-state index contributed by atoms with van der Waals surface area (Å²) in [6.07, 6.45) is 4.63. The first-order valence-electron chi connectivity index (χ1n) is 7.09. The lowest BCUT2D eigenvalue weighted by atomic mass is 9.78. The van der Waals surface area contributed by atoms with Crippen molar-refractivity contribution in [3.63, 3.8) is 0 Å². The Morgan fingerprint density at radius 3 is 2.40 bits per heavy atom. The van der Waals surface area contributed by atoms with E-state index in [0.717, 1.165) is 11.0 Å². The van der Waals surface area contributed by atoms with Gasteiger partial charge in [0.05, 0.1) is 11.2 Å². The lowest BCUT2D eigenvalue weighted by Crippen LogP contribution is -2.41. The van der Waals surface area contributed by atoms with Crippen LogP contribution in [0.25, 0.3) is 6.08 Å². The van der Waals surface area contributed by atoms with E-state index in [0.29, 0.717) is 6.42 Å². The van der Waals surface area contributed by atoms with Crippen LogP contribution in [0.3, 0.4) is 0 Å². The molecule has 0 atom stereocenters. The molecule has 1 aromatic carbocycles. The van der Waals surface area contributed by atoms with Crippen molar-refractivity contribution in [2.24, 2.45) is 0 Å². The predicted molar refractivity (Wildman–Crippen MR) is 82.9 cm³/mol. The third-order valence-electron chi connectivity index (χ3n) is 4.04. The number of hydrogen-bond acceptors (Lipinski definition) is 3. The van der Waals surface area contributed by atoms with Crippen molar-refractivity contribution in [3.8, 4) is 0 Å². The number of benzene rings is 1. The van der Waals surface area contributed by atoms with E-state index in [1.54, 1.807) is 0 Å². The van der Waals surface area contributed by atoms with Crippen LogP contribution in [0, 0.1) is 0 Å². The van der Waals surface area contributed by atoms with E-state index in [2.05, 4.69) is 33.8 Å². The third kappa shape index (κ3) is 3.14. The highest BCUT2D eigenvalue weighted by atomic mass is 16.7. The molecule has 4 heteroatoms. The normalized spacial score (nSPS) is 20.8. The van der Waals surface area contributed by atoms with Crippen LogP contribution in [0.1, 0.15) is 39.7 Å². The highest BCUT2D eigenvalue weighted by Crippen LogP contribution is 2.36. The van der Waals surface area contributed by atoms with E-state index in [1.807, 2.05) is 30.4 Å². The van der Waals surface area contributed by atoms with E-state index < -0.39 is 0 Å². The van der Waals surface area contributed by atoms with Crippen molar-refractivity contribution in [1.29, 1.82) is 0 Å². The Balaban J connectivity index is 2.17. The van der Waals surface area contributed by atoms with Gasteiger partial charge in [0, 0.05) is 6.61 Å². The highest BCUT2D eigenvalue weighted by Gasteiger charge is 2.51. The highest BCUT2D eigenvalue weighted by molar-refractivity contribution is 6.62. The summed E-state index contributed by atoms with van der Waals surface area (Å²) < 4.78 is 12.1. The molecule has 0 spiro atoms. The molecule has 1 saturated heterocycles. The maximum Gasteiger partial charge on any atom is 0.494 e. The molecule has 1 fully saturated rings. The van der Waals surface area contributed by atoms with Crippen molar-refractivity contribution in [1.82, 2.24) is 0 Å². The first kappa shape index (κ1) is 15.3. The molecule has 0 radical (unpaired) electrons. The van der Waals surface area contributed by atoms with Crippen molar-refractivity contribution in [2.75, 3.05) is 6.61 Å². The fraction of sp³-hybridized carbons (Fsp3) is 0.500. The average Bonchev–Trinajstić information content (AvgIpc) is 2.59. The topological polar surface area (TPSA) is 38.7 Å². The van der Waals surface area contributed by atoms with Crippen molar-refractivity contribution in [3.05, 3.63) is 35.9 Å². The van der Waals surface area contributed by atoms with Crippen LogP contribution in [0.2, 0.25) is 0 Å². The van der Waals surface area contributed by atoms with E-state index in [-0.39, 0.29) is 24.9 Å². The van der Waals surface area contributed by atoms with Crippen molar-refractivity contribution >= 4 is 18.7 Å². The molecular weight excluding hydrogens is 251 g/mol. The van der Waals surface area contributed by atoms with Crippen molar-refractivity contribution < 1.29 is 14.4 Å². The van der Waals surface area contributed by atoms with Gasteiger partial charge in [0.1, 0.15) is 0 Å². The zero-order chi connectivity index (χ0) is 14.8. The minimum absolute atomic E-state index is 0.174. The van der Waals surface area contributed by atoms with Gasteiger partial charge in [-0.2, -0.15) is 0 Å². The van der Waals surface area contributed by atoms with Crippen LogP contribution < -0.4 is 5.46 Å². The van der Waals surface area contributed by atoms with Gasteiger partial charge in [-0.1, -0.05) is 36.4 Å². The first-order chi connectivity index (χ1) is 9.36. The molecule has 1 N–H and O–H groups in total. The van der Waals surface area contributed by atoms with E-state index in [4.69, 9.17) is 14.4 Å². The molecule has 0 aliphatic carbocycles. The minimum Gasteiger partial charge on any atom is -0.399 e. The minimum atomic E-state index is -0.328. The smallest absolute Gasteiger partial charge is 0.399 e. The van der Waals surface area contributed by atoms with Crippen molar-refractivity contribution in [2.45, 2.75) is 45.3 Å². The van der Waals surface area contributed by atoms with Crippen LogP contribution in [-0.4, -0.2) is 30.0 Å². The Kier molecular flexibility index (Phi) is 4.38. The summed E-state index contributed by atoms with van der Waals surface area (Å²) in [6, 6.07) is 8.11. The molecule has 0 aromatic heterocycles. The van der Waals surface area contributed by atoms with Gasteiger partial charge in [0.15, 0.2) is 0 Å².